The molecule has 0 spiro atoms. The van der Waals surface area contributed by atoms with Gasteiger partial charge in [0.2, 0.25) is 5.91 Å². The van der Waals surface area contributed by atoms with Gasteiger partial charge in [-0.1, -0.05) is 50.9 Å². The Bertz CT molecular complexity index is 869. The predicted octanol–water partition coefficient (Wildman–Crippen LogP) is 4.53. The molecule has 3 rings (SSSR count). The summed E-state index contributed by atoms with van der Waals surface area (Å²) in [6, 6.07) is 8.96. The average molecular weight is 432 g/mol. The molecular formula is C14H9BrCl2N4OS. The number of hydrogen-bond donors (Lipinski definition) is 1. The maximum atomic E-state index is 12.0. The third kappa shape index (κ3) is 3.98. The summed E-state index contributed by atoms with van der Waals surface area (Å²) in [6.07, 6.45) is 1.66. The lowest BCUT2D eigenvalue weighted by Gasteiger charge is -2.05. The zero-order valence-electron chi connectivity index (χ0n) is 11.5. The van der Waals surface area contributed by atoms with E-state index in [9.17, 15) is 4.79 Å². The largest absolute Gasteiger partial charge is 0.325 e. The number of amides is 1. The molecular weight excluding hydrogens is 423 g/mol. The number of pyridine rings is 1. The van der Waals surface area contributed by atoms with E-state index >= 15 is 0 Å². The van der Waals surface area contributed by atoms with E-state index in [1.807, 2.05) is 24.3 Å². The Labute approximate surface area is 154 Å². The number of rotatable bonds is 4. The maximum absolute atomic E-state index is 12.0. The highest BCUT2D eigenvalue weighted by Crippen LogP contribution is 2.25. The van der Waals surface area contributed by atoms with Crippen molar-refractivity contribution in [3.8, 4) is 0 Å². The van der Waals surface area contributed by atoms with E-state index in [0.29, 0.717) is 20.8 Å². The fourth-order valence-electron chi connectivity index (χ4n) is 1.86. The molecule has 3 aromatic rings. The van der Waals surface area contributed by atoms with E-state index in [1.54, 1.807) is 16.7 Å². The first-order chi connectivity index (χ1) is 11.0. The summed E-state index contributed by atoms with van der Waals surface area (Å²) in [6.45, 7) is 0. The second kappa shape index (κ2) is 7.09. The molecule has 1 N–H and O–H groups in total. The molecule has 5 nitrogen and oxygen atoms in total. The average Bonchev–Trinajstić information content (AvgIpc) is 2.91. The minimum absolute atomic E-state index is 0.137. The number of fused-ring (bicyclic) bond motifs is 1. The van der Waals surface area contributed by atoms with Crippen molar-refractivity contribution in [1.82, 2.24) is 14.6 Å². The van der Waals surface area contributed by atoms with Crippen LogP contribution in [0.4, 0.5) is 5.69 Å². The van der Waals surface area contributed by atoms with Gasteiger partial charge in [-0.2, -0.15) is 0 Å². The molecule has 0 saturated carbocycles. The Morgan fingerprint density at radius 1 is 1.26 bits per heavy atom. The van der Waals surface area contributed by atoms with Crippen LogP contribution in [0.15, 0.2) is 46.2 Å². The number of carbonyl (C=O) groups excluding carboxylic acids is 1. The third-order valence-electron chi connectivity index (χ3n) is 2.86. The lowest BCUT2D eigenvalue weighted by Crippen LogP contribution is -2.14. The number of hydrogen-bond acceptors (Lipinski definition) is 4. The van der Waals surface area contributed by atoms with Gasteiger partial charge in [0.15, 0.2) is 10.8 Å². The van der Waals surface area contributed by atoms with Crippen LogP contribution in [0.2, 0.25) is 10.0 Å². The smallest absolute Gasteiger partial charge is 0.234 e. The van der Waals surface area contributed by atoms with E-state index in [1.165, 1.54) is 11.8 Å². The lowest BCUT2D eigenvalue weighted by atomic mass is 10.3. The number of anilines is 1. The van der Waals surface area contributed by atoms with Crippen molar-refractivity contribution >= 4 is 68.1 Å². The zero-order chi connectivity index (χ0) is 16.4. The predicted molar refractivity (Wildman–Crippen MR) is 96.5 cm³/mol. The van der Waals surface area contributed by atoms with Crippen LogP contribution in [0.25, 0.3) is 5.65 Å². The van der Waals surface area contributed by atoms with Crippen LogP contribution in [0.5, 0.6) is 0 Å². The van der Waals surface area contributed by atoms with E-state index in [4.69, 9.17) is 23.2 Å². The van der Waals surface area contributed by atoms with E-state index < -0.39 is 0 Å². The van der Waals surface area contributed by atoms with Crippen molar-refractivity contribution < 1.29 is 4.79 Å². The quantitative estimate of drug-likeness (QED) is 0.616. The summed E-state index contributed by atoms with van der Waals surface area (Å²) in [5.74, 6) is 0.0586. The Hall–Kier alpha value is -1.28. The molecule has 1 aromatic carbocycles. The number of nitrogens with zero attached hydrogens (tertiary/aromatic N) is 3. The summed E-state index contributed by atoms with van der Waals surface area (Å²) < 4.78 is 2.62. The summed E-state index contributed by atoms with van der Waals surface area (Å²) >= 11 is 16.6. The van der Waals surface area contributed by atoms with E-state index in [-0.39, 0.29) is 11.7 Å². The molecule has 23 heavy (non-hydrogen) atoms. The topological polar surface area (TPSA) is 59.3 Å². The summed E-state index contributed by atoms with van der Waals surface area (Å²) in [7, 11) is 0. The molecule has 2 heterocycles. The second-order valence-corrected chi connectivity index (χ2v) is 7.23. The molecule has 9 heteroatoms. The molecule has 0 aliphatic carbocycles. The Balaban J connectivity index is 1.68. The van der Waals surface area contributed by atoms with Crippen molar-refractivity contribution in [3.63, 3.8) is 0 Å². The van der Waals surface area contributed by atoms with Crippen molar-refractivity contribution in [2.24, 2.45) is 0 Å². The Kier molecular flexibility index (Phi) is 5.11. The fraction of sp³-hybridized carbons (Fsp3) is 0.0714. The molecule has 0 fully saturated rings. The molecule has 0 unspecified atom stereocenters. The van der Waals surface area contributed by atoms with Crippen LogP contribution < -0.4 is 5.32 Å². The highest BCUT2D eigenvalue weighted by atomic mass is 79.9. The minimum Gasteiger partial charge on any atom is -0.325 e. The highest BCUT2D eigenvalue weighted by Gasteiger charge is 2.12. The van der Waals surface area contributed by atoms with Gasteiger partial charge >= 0.3 is 0 Å². The zero-order valence-corrected chi connectivity index (χ0v) is 15.4. The number of benzene rings is 1. The molecule has 0 atom stereocenters. The van der Waals surface area contributed by atoms with Crippen molar-refractivity contribution in [3.05, 3.63) is 51.0 Å². The van der Waals surface area contributed by atoms with E-state index in [2.05, 4.69) is 31.4 Å². The molecule has 0 aliphatic heterocycles. The number of carbonyl (C=O) groups is 1. The van der Waals surface area contributed by atoms with Crippen molar-refractivity contribution in [2.45, 2.75) is 5.16 Å². The van der Waals surface area contributed by atoms with Gasteiger partial charge in [-0.15, -0.1) is 10.2 Å². The molecule has 2 aromatic heterocycles. The monoisotopic (exact) mass is 430 g/mol. The first-order valence-corrected chi connectivity index (χ1v) is 8.94. The maximum Gasteiger partial charge on any atom is 0.234 e. The van der Waals surface area contributed by atoms with Gasteiger partial charge in [-0.25, -0.2) is 0 Å². The third-order valence-corrected chi connectivity index (χ3v) is 4.81. The van der Waals surface area contributed by atoms with Gasteiger partial charge in [0.1, 0.15) is 0 Å². The summed E-state index contributed by atoms with van der Waals surface area (Å²) in [4.78, 5) is 12.0. The first kappa shape index (κ1) is 16.6. The Morgan fingerprint density at radius 2 is 2.00 bits per heavy atom. The fourth-order valence-corrected chi connectivity index (χ4v) is 3.34. The van der Waals surface area contributed by atoms with E-state index in [0.717, 1.165) is 10.2 Å². The normalized spacial score (nSPS) is 10.9. The van der Waals surface area contributed by atoms with Crippen molar-refractivity contribution in [1.29, 1.82) is 0 Å². The minimum atomic E-state index is -0.137. The van der Waals surface area contributed by atoms with Crippen LogP contribution in [-0.2, 0) is 4.79 Å². The molecule has 118 valence electrons. The summed E-state index contributed by atoms with van der Waals surface area (Å²) in [5.41, 5.74) is 1.24. The molecule has 1 amide bonds. The SMILES string of the molecule is O=C(CSc1nnc2c(Cl)cc(Cl)cn12)Nc1ccc(Br)cc1. The van der Waals surface area contributed by atoms with Crippen molar-refractivity contribution in [2.75, 3.05) is 11.1 Å². The van der Waals surface area contributed by atoms with Crippen LogP contribution in [0.3, 0.4) is 0 Å². The lowest BCUT2D eigenvalue weighted by molar-refractivity contribution is -0.113. The van der Waals surface area contributed by atoms with Gasteiger partial charge in [-0.05, 0) is 30.3 Å². The van der Waals surface area contributed by atoms with Gasteiger partial charge in [0.05, 0.1) is 15.8 Å². The highest BCUT2D eigenvalue weighted by molar-refractivity contribution is 9.10. The van der Waals surface area contributed by atoms with Crippen LogP contribution in [-0.4, -0.2) is 26.3 Å². The summed E-state index contributed by atoms with van der Waals surface area (Å²) in [5, 5.41) is 12.3. The first-order valence-electron chi connectivity index (χ1n) is 6.41. The standard InChI is InChI=1S/C14H9BrCl2N4OS/c15-8-1-3-10(4-2-8)18-12(22)7-23-14-20-19-13-11(17)5-9(16)6-21(13)14/h1-6H,7H2,(H,18,22). The Morgan fingerprint density at radius 3 is 2.74 bits per heavy atom. The molecule has 0 radical (unpaired) electrons. The molecule has 0 aliphatic rings. The van der Waals surface area contributed by atoms with Gasteiger partial charge in [-0.3, -0.25) is 9.20 Å². The second-order valence-electron chi connectivity index (χ2n) is 4.53. The van der Waals surface area contributed by atoms with Crippen LogP contribution >= 0.6 is 50.9 Å². The molecule has 0 saturated heterocycles. The molecule has 0 bridgehead atoms. The number of aromatic nitrogens is 3. The van der Waals surface area contributed by atoms with Gasteiger partial charge < -0.3 is 5.32 Å². The van der Waals surface area contributed by atoms with Crippen LogP contribution in [0, 0.1) is 0 Å². The number of nitrogens with one attached hydrogen (secondary N) is 1. The van der Waals surface area contributed by atoms with Crippen LogP contribution in [0.1, 0.15) is 0 Å². The van der Waals surface area contributed by atoms with Gasteiger partial charge in [0, 0.05) is 16.4 Å². The van der Waals surface area contributed by atoms with Gasteiger partial charge in [0.25, 0.3) is 0 Å². The number of thioether (sulfide) groups is 1. The number of halogens is 3.